The van der Waals surface area contributed by atoms with Crippen LogP contribution in [0, 0.1) is 12.8 Å². The van der Waals surface area contributed by atoms with Crippen LogP contribution in [0.4, 0.5) is 11.6 Å². The minimum absolute atomic E-state index is 0.0961. The van der Waals surface area contributed by atoms with Crippen molar-refractivity contribution < 1.29 is 0 Å². The molecule has 1 aromatic heterocycles. The highest BCUT2D eigenvalue weighted by atomic mass is 15.3. The highest BCUT2D eigenvalue weighted by molar-refractivity contribution is 5.59. The standard InChI is InChI=1S/C16H29N5/c1-10(2)12-8-7-9-21(12)14-11(3)13(20-17)18-15(19-14)16(4,5)6/h10,12H,7-9,17H2,1-6H3,(H,18,19,20). The average molecular weight is 291 g/mol. The summed E-state index contributed by atoms with van der Waals surface area (Å²) in [5.74, 6) is 8.90. The molecule has 3 N–H and O–H groups in total. The molecule has 1 aliphatic heterocycles. The van der Waals surface area contributed by atoms with Crippen LogP contribution in [0.1, 0.15) is 58.8 Å². The van der Waals surface area contributed by atoms with Crippen LogP contribution < -0.4 is 16.2 Å². The zero-order chi connectivity index (χ0) is 15.8. The first kappa shape index (κ1) is 16.0. The fourth-order valence-electron chi connectivity index (χ4n) is 3.01. The van der Waals surface area contributed by atoms with E-state index < -0.39 is 0 Å². The maximum atomic E-state index is 5.67. The molecule has 0 spiro atoms. The van der Waals surface area contributed by atoms with E-state index >= 15 is 0 Å². The Morgan fingerprint density at radius 1 is 1.29 bits per heavy atom. The van der Waals surface area contributed by atoms with Gasteiger partial charge in [0.1, 0.15) is 17.5 Å². The van der Waals surface area contributed by atoms with E-state index in [1.54, 1.807) is 0 Å². The summed E-state index contributed by atoms with van der Waals surface area (Å²) in [5.41, 5.74) is 3.68. The van der Waals surface area contributed by atoms with Gasteiger partial charge in [0.2, 0.25) is 0 Å². The highest BCUT2D eigenvalue weighted by Gasteiger charge is 2.31. The lowest BCUT2D eigenvalue weighted by Crippen LogP contribution is -2.35. The first-order valence-corrected chi connectivity index (χ1v) is 7.88. The molecule has 0 radical (unpaired) electrons. The summed E-state index contributed by atoms with van der Waals surface area (Å²) in [6.07, 6.45) is 2.46. The quantitative estimate of drug-likeness (QED) is 0.662. The number of anilines is 2. The Morgan fingerprint density at radius 3 is 2.48 bits per heavy atom. The predicted octanol–water partition coefficient (Wildman–Crippen LogP) is 2.99. The Morgan fingerprint density at radius 2 is 1.95 bits per heavy atom. The lowest BCUT2D eigenvalue weighted by atomic mass is 9.95. The third-order valence-electron chi connectivity index (χ3n) is 4.27. The summed E-state index contributed by atoms with van der Waals surface area (Å²) in [5, 5.41) is 0. The number of nitrogens with zero attached hydrogens (tertiary/aromatic N) is 3. The average Bonchev–Trinajstić information content (AvgIpc) is 2.86. The van der Waals surface area contributed by atoms with Crippen LogP contribution in [-0.4, -0.2) is 22.6 Å². The first-order chi connectivity index (χ1) is 9.75. The van der Waals surface area contributed by atoms with E-state index in [0.717, 1.165) is 29.6 Å². The van der Waals surface area contributed by atoms with Gasteiger partial charge in [-0.3, -0.25) is 0 Å². The molecule has 5 heteroatoms. The highest BCUT2D eigenvalue weighted by Crippen LogP contribution is 2.34. The lowest BCUT2D eigenvalue weighted by Gasteiger charge is -2.31. The van der Waals surface area contributed by atoms with Crippen LogP contribution in [0.3, 0.4) is 0 Å². The van der Waals surface area contributed by atoms with Gasteiger partial charge in [0.15, 0.2) is 0 Å². The van der Waals surface area contributed by atoms with E-state index in [1.165, 1.54) is 12.8 Å². The Labute approximate surface area is 128 Å². The molecule has 2 rings (SSSR count). The van der Waals surface area contributed by atoms with Gasteiger partial charge in [0, 0.05) is 23.6 Å². The summed E-state index contributed by atoms with van der Waals surface area (Å²) >= 11 is 0. The van der Waals surface area contributed by atoms with Crippen LogP contribution in [0.25, 0.3) is 0 Å². The van der Waals surface area contributed by atoms with Crippen LogP contribution in [-0.2, 0) is 5.41 Å². The summed E-state index contributed by atoms with van der Waals surface area (Å²) in [6, 6.07) is 0.553. The second kappa shape index (κ2) is 5.79. The van der Waals surface area contributed by atoms with E-state index in [9.17, 15) is 0 Å². The van der Waals surface area contributed by atoms with Gasteiger partial charge in [-0.05, 0) is 25.7 Å². The summed E-state index contributed by atoms with van der Waals surface area (Å²) in [4.78, 5) is 11.9. The number of aromatic nitrogens is 2. The number of hydrogen-bond acceptors (Lipinski definition) is 5. The minimum atomic E-state index is -0.0961. The van der Waals surface area contributed by atoms with Crippen molar-refractivity contribution in [3.63, 3.8) is 0 Å². The van der Waals surface area contributed by atoms with Crippen molar-refractivity contribution in [2.45, 2.75) is 65.8 Å². The maximum absolute atomic E-state index is 5.67. The molecule has 0 amide bonds. The second-order valence-electron chi connectivity index (χ2n) is 7.39. The van der Waals surface area contributed by atoms with Gasteiger partial charge in [0.25, 0.3) is 0 Å². The number of nitrogens with two attached hydrogens (primary N) is 1. The number of hydrazine groups is 1. The van der Waals surface area contributed by atoms with Crippen LogP contribution in [0.15, 0.2) is 0 Å². The number of rotatable bonds is 3. The molecule has 1 saturated heterocycles. The number of nitrogen functional groups attached to an aromatic ring is 1. The lowest BCUT2D eigenvalue weighted by molar-refractivity contribution is 0.485. The Bertz CT molecular complexity index is 504. The Balaban J connectivity index is 2.51. The molecule has 1 unspecified atom stereocenters. The third-order valence-corrected chi connectivity index (χ3v) is 4.27. The van der Waals surface area contributed by atoms with Gasteiger partial charge in [-0.2, -0.15) is 0 Å². The molecule has 0 saturated carbocycles. The van der Waals surface area contributed by atoms with E-state index in [2.05, 4.69) is 49.9 Å². The SMILES string of the molecule is Cc1c(NN)nc(C(C)(C)C)nc1N1CCCC1C(C)C. The van der Waals surface area contributed by atoms with Gasteiger partial charge in [-0.15, -0.1) is 0 Å². The zero-order valence-corrected chi connectivity index (χ0v) is 14.2. The van der Waals surface area contributed by atoms with Gasteiger partial charge in [-0.25, -0.2) is 15.8 Å². The van der Waals surface area contributed by atoms with Gasteiger partial charge < -0.3 is 10.3 Å². The summed E-state index contributed by atoms with van der Waals surface area (Å²) < 4.78 is 0. The molecular formula is C16H29N5. The molecule has 1 aliphatic rings. The van der Waals surface area contributed by atoms with Crippen molar-refractivity contribution >= 4 is 11.6 Å². The molecule has 2 heterocycles. The predicted molar refractivity (Wildman–Crippen MR) is 88.5 cm³/mol. The van der Waals surface area contributed by atoms with Crippen LogP contribution >= 0.6 is 0 Å². The molecule has 0 bridgehead atoms. The zero-order valence-electron chi connectivity index (χ0n) is 14.2. The van der Waals surface area contributed by atoms with Crippen LogP contribution in [0.5, 0.6) is 0 Å². The Hall–Kier alpha value is -1.36. The van der Waals surface area contributed by atoms with Crippen molar-refractivity contribution in [2.24, 2.45) is 11.8 Å². The number of hydrogen-bond donors (Lipinski definition) is 2. The molecule has 21 heavy (non-hydrogen) atoms. The van der Waals surface area contributed by atoms with Gasteiger partial charge in [-0.1, -0.05) is 34.6 Å². The normalized spacial score (nSPS) is 19.4. The largest absolute Gasteiger partial charge is 0.353 e. The van der Waals surface area contributed by atoms with Crippen molar-refractivity contribution in [2.75, 3.05) is 16.9 Å². The second-order valence-corrected chi connectivity index (χ2v) is 7.39. The van der Waals surface area contributed by atoms with Crippen molar-refractivity contribution in [3.05, 3.63) is 11.4 Å². The first-order valence-electron chi connectivity index (χ1n) is 7.88. The summed E-state index contributed by atoms with van der Waals surface area (Å²) in [7, 11) is 0. The van der Waals surface area contributed by atoms with Crippen LogP contribution in [0.2, 0.25) is 0 Å². The molecule has 1 aromatic rings. The van der Waals surface area contributed by atoms with Crippen molar-refractivity contribution in [1.82, 2.24) is 9.97 Å². The third kappa shape index (κ3) is 3.12. The molecule has 1 atom stereocenters. The summed E-state index contributed by atoms with van der Waals surface area (Å²) in [6.45, 7) is 14.1. The van der Waals surface area contributed by atoms with Crippen molar-refractivity contribution in [3.8, 4) is 0 Å². The topological polar surface area (TPSA) is 67.1 Å². The van der Waals surface area contributed by atoms with E-state index in [-0.39, 0.29) is 5.41 Å². The van der Waals surface area contributed by atoms with Crippen molar-refractivity contribution in [1.29, 1.82) is 0 Å². The monoisotopic (exact) mass is 291 g/mol. The molecule has 0 aromatic carbocycles. The van der Waals surface area contributed by atoms with E-state index in [4.69, 9.17) is 10.8 Å². The van der Waals surface area contributed by atoms with Gasteiger partial charge >= 0.3 is 0 Å². The smallest absolute Gasteiger partial charge is 0.148 e. The molecule has 0 aliphatic carbocycles. The molecule has 1 fully saturated rings. The Kier molecular flexibility index (Phi) is 4.42. The number of nitrogens with one attached hydrogen (secondary N) is 1. The fraction of sp³-hybridized carbons (Fsp3) is 0.750. The van der Waals surface area contributed by atoms with E-state index in [0.29, 0.717) is 12.0 Å². The minimum Gasteiger partial charge on any atom is -0.353 e. The molecule has 5 nitrogen and oxygen atoms in total. The van der Waals surface area contributed by atoms with E-state index in [1.807, 2.05) is 6.92 Å². The maximum Gasteiger partial charge on any atom is 0.148 e. The molecule has 118 valence electrons. The fourth-order valence-corrected chi connectivity index (χ4v) is 3.01. The van der Waals surface area contributed by atoms with Gasteiger partial charge in [0.05, 0.1) is 0 Å². The molecular weight excluding hydrogens is 262 g/mol.